The number of nitrogens with zero attached hydrogens (tertiary/aromatic N) is 1. The Hall–Kier alpha value is 0.600. The summed E-state index contributed by atoms with van der Waals surface area (Å²) >= 11 is -2.21. The largest absolute Gasteiger partial charge is 1.00 e. The smallest absolute Gasteiger partial charge is 0.771 e. The van der Waals surface area contributed by atoms with Crippen LogP contribution in [-0.2, 0) is 11.1 Å². The van der Waals surface area contributed by atoms with E-state index in [2.05, 4.69) is 0 Å². The van der Waals surface area contributed by atoms with Crippen molar-refractivity contribution < 1.29 is 38.3 Å². The van der Waals surface area contributed by atoms with Gasteiger partial charge in [0.2, 0.25) is 0 Å². The monoisotopic (exact) mass is 155 g/mol. The van der Waals surface area contributed by atoms with Crippen LogP contribution in [0.2, 0.25) is 0 Å². The Morgan fingerprint density at radius 3 is 2.33 bits per heavy atom. The molecule has 0 aliphatic heterocycles. The van der Waals surface area contributed by atoms with Crippen LogP contribution in [0.4, 0.5) is 0 Å². The molecule has 46 valence electrons. The summed E-state index contributed by atoms with van der Waals surface area (Å²) in [5.41, 5.74) is 0. The van der Waals surface area contributed by atoms with Gasteiger partial charge in [-0.05, 0) is 17.5 Å². The van der Waals surface area contributed by atoms with Crippen molar-refractivity contribution in [2.45, 2.75) is 18.6 Å². The van der Waals surface area contributed by atoms with Crippen LogP contribution in [-0.4, -0.2) is 14.0 Å². The van der Waals surface area contributed by atoms with E-state index in [0.29, 0.717) is 6.42 Å². The quantitative estimate of drug-likeness (QED) is 0.319. The Kier molecular flexibility index (Phi) is 9.17. The molecule has 0 aromatic heterocycles. The van der Waals surface area contributed by atoms with Gasteiger partial charge in [0.15, 0.2) is 0 Å². The summed E-state index contributed by atoms with van der Waals surface area (Å²) in [7, 11) is 0. The number of hydrogen-bond acceptors (Lipinski definition) is 3. The van der Waals surface area contributed by atoms with E-state index in [1.165, 1.54) is 0 Å². The van der Waals surface area contributed by atoms with Gasteiger partial charge in [0.25, 0.3) is 0 Å². The van der Waals surface area contributed by atoms with Gasteiger partial charge >= 0.3 is 29.6 Å². The van der Waals surface area contributed by atoms with Gasteiger partial charge in [0.05, 0.1) is 6.07 Å². The molecule has 0 radical (unpaired) electrons. The van der Waals surface area contributed by atoms with Crippen molar-refractivity contribution in [2.24, 2.45) is 0 Å². The number of rotatable bonds is 2. The molecule has 3 nitrogen and oxygen atoms in total. The minimum absolute atomic E-state index is 0. The fourth-order valence-corrected chi connectivity index (χ4v) is 0.629. The minimum Gasteiger partial charge on any atom is -0.771 e. The molecular weight excluding hydrogens is 149 g/mol. The van der Waals surface area contributed by atoms with Gasteiger partial charge in [0, 0.05) is 0 Å². The van der Waals surface area contributed by atoms with Crippen LogP contribution in [0.3, 0.4) is 0 Å². The van der Waals surface area contributed by atoms with E-state index < -0.39 is 16.3 Å². The van der Waals surface area contributed by atoms with Crippen LogP contribution in [0.5, 0.6) is 0 Å². The Balaban J connectivity index is 0. The van der Waals surface area contributed by atoms with Crippen molar-refractivity contribution in [3.05, 3.63) is 0 Å². The minimum atomic E-state index is -2.21. The van der Waals surface area contributed by atoms with Crippen LogP contribution in [0.25, 0.3) is 0 Å². The van der Waals surface area contributed by atoms with Gasteiger partial charge in [0.1, 0.15) is 5.25 Å². The Morgan fingerprint density at radius 1 is 1.89 bits per heavy atom. The van der Waals surface area contributed by atoms with E-state index in [1.54, 1.807) is 13.0 Å². The molecule has 2 atom stereocenters. The first-order chi connectivity index (χ1) is 3.72. The second-order valence-corrected chi connectivity index (χ2v) is 2.38. The molecule has 0 amide bonds. The van der Waals surface area contributed by atoms with Gasteiger partial charge in [-0.25, -0.2) is 0 Å². The summed E-state index contributed by atoms with van der Waals surface area (Å²) in [5, 5.41) is 7.23. The Morgan fingerprint density at radius 2 is 2.33 bits per heavy atom. The van der Waals surface area contributed by atoms with E-state index in [9.17, 15) is 8.76 Å². The van der Waals surface area contributed by atoms with Gasteiger partial charge in [-0.2, -0.15) is 5.26 Å². The van der Waals surface area contributed by atoms with E-state index >= 15 is 0 Å². The van der Waals surface area contributed by atoms with Crippen molar-refractivity contribution >= 4 is 11.1 Å². The molecule has 5 heteroatoms. The maximum Gasteiger partial charge on any atom is 1.00 e. The third-order valence-electron chi connectivity index (χ3n) is 0.747. The zero-order chi connectivity index (χ0) is 6.57. The third-order valence-corrected chi connectivity index (χ3v) is 1.65. The summed E-state index contributed by atoms with van der Waals surface area (Å²) in [6, 6.07) is 1.64. The van der Waals surface area contributed by atoms with Crippen molar-refractivity contribution in [2.75, 3.05) is 0 Å². The molecule has 0 aromatic rings. The molecule has 0 aromatic carbocycles. The van der Waals surface area contributed by atoms with E-state index in [4.69, 9.17) is 5.26 Å². The van der Waals surface area contributed by atoms with Crippen molar-refractivity contribution in [1.29, 1.82) is 5.26 Å². The molecule has 0 fully saturated rings. The summed E-state index contributed by atoms with van der Waals surface area (Å²) in [4.78, 5) is 0. The van der Waals surface area contributed by atoms with Gasteiger partial charge in [-0.15, -0.1) is 0 Å². The SMILES string of the molecule is CCC(C#N)S(=O)[O-].[Na+]. The number of nitriles is 1. The standard InChI is InChI=1S/C4H7NO2S.Na/c1-2-4(3-5)8(6)7;/h4H,2H2,1H3,(H,6,7);/q;+1/p-1. The molecule has 9 heavy (non-hydrogen) atoms. The van der Waals surface area contributed by atoms with Crippen molar-refractivity contribution in [3.63, 3.8) is 0 Å². The normalized spacial score (nSPS) is 14.8. The van der Waals surface area contributed by atoms with Crippen LogP contribution in [0, 0.1) is 11.3 Å². The van der Waals surface area contributed by atoms with Crippen molar-refractivity contribution in [3.8, 4) is 6.07 Å². The molecule has 0 rings (SSSR count). The van der Waals surface area contributed by atoms with E-state index in [1.807, 2.05) is 0 Å². The molecule has 2 unspecified atom stereocenters. The number of hydrogen-bond donors (Lipinski definition) is 0. The first kappa shape index (κ1) is 12.3. The maximum absolute atomic E-state index is 9.94. The zero-order valence-corrected chi connectivity index (χ0v) is 8.27. The average Bonchev–Trinajstić information content (AvgIpc) is 1.69. The molecule has 0 saturated carbocycles. The predicted molar refractivity (Wildman–Crippen MR) is 28.6 cm³/mol. The van der Waals surface area contributed by atoms with Crippen LogP contribution in [0.15, 0.2) is 0 Å². The first-order valence-corrected chi connectivity index (χ1v) is 3.33. The van der Waals surface area contributed by atoms with Gasteiger partial charge in [-0.1, -0.05) is 6.92 Å². The Bertz CT molecular complexity index is 133. The molecule has 0 spiro atoms. The maximum atomic E-state index is 9.94. The fraction of sp³-hybridized carbons (Fsp3) is 0.750. The van der Waals surface area contributed by atoms with Gasteiger partial charge < -0.3 is 4.55 Å². The average molecular weight is 155 g/mol. The van der Waals surface area contributed by atoms with Crippen LogP contribution >= 0.6 is 0 Å². The predicted octanol–water partition coefficient (Wildman–Crippen LogP) is -2.83. The summed E-state index contributed by atoms with van der Waals surface area (Å²) in [5.74, 6) is 0. The van der Waals surface area contributed by atoms with Crippen molar-refractivity contribution in [1.82, 2.24) is 0 Å². The molecule has 0 aliphatic rings. The van der Waals surface area contributed by atoms with E-state index in [-0.39, 0.29) is 29.6 Å². The molecule has 0 heterocycles. The topological polar surface area (TPSA) is 63.9 Å². The third kappa shape index (κ3) is 5.07. The van der Waals surface area contributed by atoms with Crippen LogP contribution < -0.4 is 29.6 Å². The zero-order valence-electron chi connectivity index (χ0n) is 5.46. The summed E-state index contributed by atoms with van der Waals surface area (Å²) in [6.45, 7) is 1.66. The first-order valence-electron chi connectivity index (χ1n) is 2.20. The molecule has 0 aliphatic carbocycles. The molecule has 0 bridgehead atoms. The molecular formula is C4H6NNaO2S. The molecule has 0 saturated heterocycles. The second kappa shape index (κ2) is 6.72. The van der Waals surface area contributed by atoms with Crippen LogP contribution in [0.1, 0.15) is 13.3 Å². The molecule has 0 N–H and O–H groups in total. The second-order valence-electron chi connectivity index (χ2n) is 1.29. The Labute approximate surface area is 79.0 Å². The summed E-state index contributed by atoms with van der Waals surface area (Å²) in [6.07, 6.45) is 0.368. The summed E-state index contributed by atoms with van der Waals surface area (Å²) < 4.78 is 19.9. The fourth-order valence-electron chi connectivity index (χ4n) is 0.270. The van der Waals surface area contributed by atoms with Gasteiger partial charge in [-0.3, -0.25) is 4.21 Å². The van der Waals surface area contributed by atoms with E-state index in [0.717, 1.165) is 0 Å².